The third kappa shape index (κ3) is 2.64. The quantitative estimate of drug-likeness (QED) is 0.832. The maximum atomic E-state index is 4.29. The molecular weight excluding hydrogens is 202 g/mol. The van der Waals surface area contributed by atoms with Gasteiger partial charge in [0, 0.05) is 32.0 Å². The molecule has 2 aromatic rings. The molecule has 0 aliphatic carbocycles. The van der Waals surface area contributed by atoms with Crippen LogP contribution in [0.1, 0.15) is 24.4 Å². The van der Waals surface area contributed by atoms with Crippen molar-refractivity contribution >= 4 is 0 Å². The van der Waals surface area contributed by atoms with E-state index in [0.29, 0.717) is 6.54 Å². The zero-order valence-electron chi connectivity index (χ0n) is 9.46. The molecule has 0 bridgehead atoms. The summed E-state index contributed by atoms with van der Waals surface area (Å²) in [6.45, 7) is 2.78. The van der Waals surface area contributed by atoms with Crippen LogP contribution in [0.15, 0.2) is 30.6 Å². The summed E-state index contributed by atoms with van der Waals surface area (Å²) in [6.07, 6.45) is 3.70. The highest BCUT2D eigenvalue weighted by Crippen LogP contribution is 2.08. The van der Waals surface area contributed by atoms with Gasteiger partial charge in [0.2, 0.25) is 0 Å². The Balaban J connectivity index is 1.91. The molecule has 0 saturated carbocycles. The maximum Gasteiger partial charge on any atom is 0.0964 e. The number of pyridine rings is 1. The highest BCUT2D eigenvalue weighted by atomic mass is 15.4. The first-order chi connectivity index (χ1) is 7.75. The van der Waals surface area contributed by atoms with Crippen LogP contribution < -0.4 is 5.32 Å². The van der Waals surface area contributed by atoms with Gasteiger partial charge in [-0.3, -0.25) is 9.67 Å². The van der Waals surface area contributed by atoms with Crippen LogP contribution >= 0.6 is 0 Å². The lowest BCUT2D eigenvalue weighted by atomic mass is 10.2. The van der Waals surface area contributed by atoms with Gasteiger partial charge in [-0.05, 0) is 19.1 Å². The second kappa shape index (κ2) is 4.85. The van der Waals surface area contributed by atoms with E-state index in [1.54, 1.807) is 10.9 Å². The molecule has 2 rings (SSSR count). The second-order valence-electron chi connectivity index (χ2n) is 3.74. The Morgan fingerprint density at radius 1 is 1.44 bits per heavy atom. The Hall–Kier alpha value is -1.75. The molecule has 0 saturated heterocycles. The molecule has 1 atom stereocenters. The average molecular weight is 217 g/mol. The van der Waals surface area contributed by atoms with Crippen LogP contribution in [0.25, 0.3) is 0 Å². The maximum absolute atomic E-state index is 4.29. The molecule has 2 aromatic heterocycles. The third-order valence-electron chi connectivity index (χ3n) is 2.37. The zero-order chi connectivity index (χ0) is 11.4. The van der Waals surface area contributed by atoms with Gasteiger partial charge in [0.25, 0.3) is 0 Å². The first-order valence-electron chi connectivity index (χ1n) is 5.25. The molecule has 0 radical (unpaired) electrons. The number of rotatable bonds is 4. The van der Waals surface area contributed by atoms with Gasteiger partial charge in [0.1, 0.15) is 0 Å². The first-order valence-corrected chi connectivity index (χ1v) is 5.25. The molecular formula is C11H15N5. The standard InChI is InChI=1S/C11H15N5/c1-9(11-5-3-4-6-12-11)13-7-10-8-16(2)15-14-10/h3-6,8-9,13H,7H2,1-2H3/t9-/m1/s1. The van der Waals surface area contributed by atoms with Gasteiger partial charge in [-0.2, -0.15) is 0 Å². The van der Waals surface area contributed by atoms with E-state index in [9.17, 15) is 0 Å². The lowest BCUT2D eigenvalue weighted by Gasteiger charge is -2.11. The van der Waals surface area contributed by atoms with Crippen molar-refractivity contribution in [2.24, 2.45) is 7.05 Å². The molecule has 0 spiro atoms. The number of hydrogen-bond donors (Lipinski definition) is 1. The highest BCUT2D eigenvalue weighted by molar-refractivity contribution is 5.07. The molecule has 0 unspecified atom stereocenters. The molecule has 0 aromatic carbocycles. The summed E-state index contributed by atoms with van der Waals surface area (Å²) in [7, 11) is 1.86. The molecule has 5 heteroatoms. The highest BCUT2D eigenvalue weighted by Gasteiger charge is 2.06. The Morgan fingerprint density at radius 3 is 2.94 bits per heavy atom. The van der Waals surface area contributed by atoms with E-state index in [4.69, 9.17) is 0 Å². The Morgan fingerprint density at radius 2 is 2.31 bits per heavy atom. The van der Waals surface area contributed by atoms with Gasteiger partial charge in [-0.15, -0.1) is 5.10 Å². The van der Waals surface area contributed by atoms with Crippen LogP contribution in [-0.2, 0) is 13.6 Å². The fourth-order valence-electron chi connectivity index (χ4n) is 1.47. The van der Waals surface area contributed by atoms with Gasteiger partial charge in [0.15, 0.2) is 0 Å². The number of aryl methyl sites for hydroxylation is 1. The summed E-state index contributed by atoms with van der Waals surface area (Å²) < 4.78 is 1.70. The van der Waals surface area contributed by atoms with Crippen LogP contribution in [-0.4, -0.2) is 20.0 Å². The minimum atomic E-state index is 0.211. The monoisotopic (exact) mass is 217 g/mol. The SMILES string of the molecule is C[C@@H](NCc1cn(C)nn1)c1ccccn1. The van der Waals surface area contributed by atoms with Crippen molar-refractivity contribution < 1.29 is 0 Å². The van der Waals surface area contributed by atoms with Crippen molar-refractivity contribution in [3.05, 3.63) is 42.0 Å². The lowest BCUT2D eigenvalue weighted by Crippen LogP contribution is -2.19. The number of aromatic nitrogens is 4. The fourth-order valence-corrected chi connectivity index (χ4v) is 1.47. The third-order valence-corrected chi connectivity index (χ3v) is 2.37. The lowest BCUT2D eigenvalue weighted by molar-refractivity contribution is 0.554. The zero-order valence-corrected chi connectivity index (χ0v) is 9.46. The van der Waals surface area contributed by atoms with Crippen LogP contribution in [0.4, 0.5) is 0 Å². The fraction of sp³-hybridized carbons (Fsp3) is 0.364. The van der Waals surface area contributed by atoms with Crippen molar-refractivity contribution in [2.75, 3.05) is 0 Å². The number of nitrogens with zero attached hydrogens (tertiary/aromatic N) is 4. The topological polar surface area (TPSA) is 55.6 Å². The van der Waals surface area contributed by atoms with E-state index in [1.807, 2.05) is 31.4 Å². The molecule has 0 fully saturated rings. The average Bonchev–Trinajstić information content (AvgIpc) is 2.73. The normalized spacial score (nSPS) is 12.6. The predicted octanol–water partition coefficient (Wildman–Crippen LogP) is 1.06. The van der Waals surface area contributed by atoms with Crippen LogP contribution in [0.2, 0.25) is 0 Å². The Kier molecular flexibility index (Phi) is 3.26. The summed E-state index contributed by atoms with van der Waals surface area (Å²) in [5, 5.41) is 11.2. The largest absolute Gasteiger partial charge is 0.303 e. The molecule has 0 amide bonds. The molecule has 5 nitrogen and oxygen atoms in total. The summed E-state index contributed by atoms with van der Waals surface area (Å²) in [4.78, 5) is 4.29. The van der Waals surface area contributed by atoms with Gasteiger partial charge < -0.3 is 5.32 Å². The van der Waals surface area contributed by atoms with Crippen molar-refractivity contribution in [3.8, 4) is 0 Å². The predicted molar refractivity (Wildman–Crippen MR) is 60.5 cm³/mol. The summed E-state index contributed by atoms with van der Waals surface area (Å²) >= 11 is 0. The van der Waals surface area contributed by atoms with Crippen molar-refractivity contribution in [1.29, 1.82) is 0 Å². The van der Waals surface area contributed by atoms with E-state index in [0.717, 1.165) is 11.4 Å². The van der Waals surface area contributed by atoms with Gasteiger partial charge in [-0.25, -0.2) is 0 Å². The van der Waals surface area contributed by atoms with Gasteiger partial charge >= 0.3 is 0 Å². The first kappa shape index (κ1) is 10.8. The summed E-state index contributed by atoms with van der Waals surface area (Å²) in [5.74, 6) is 0. The van der Waals surface area contributed by atoms with Crippen molar-refractivity contribution in [3.63, 3.8) is 0 Å². The van der Waals surface area contributed by atoms with E-state index in [2.05, 4.69) is 27.5 Å². The number of hydrogen-bond acceptors (Lipinski definition) is 4. The summed E-state index contributed by atoms with van der Waals surface area (Å²) in [5.41, 5.74) is 1.97. The molecule has 1 N–H and O–H groups in total. The van der Waals surface area contributed by atoms with E-state index in [-0.39, 0.29) is 6.04 Å². The van der Waals surface area contributed by atoms with Crippen LogP contribution in [0.3, 0.4) is 0 Å². The van der Waals surface area contributed by atoms with Crippen LogP contribution in [0, 0.1) is 0 Å². The molecule has 0 aliphatic rings. The second-order valence-corrected chi connectivity index (χ2v) is 3.74. The van der Waals surface area contributed by atoms with E-state index in [1.165, 1.54) is 0 Å². The van der Waals surface area contributed by atoms with E-state index < -0.39 is 0 Å². The van der Waals surface area contributed by atoms with E-state index >= 15 is 0 Å². The van der Waals surface area contributed by atoms with Gasteiger partial charge in [-0.1, -0.05) is 11.3 Å². The summed E-state index contributed by atoms with van der Waals surface area (Å²) in [6, 6.07) is 6.12. The minimum absolute atomic E-state index is 0.211. The minimum Gasteiger partial charge on any atom is -0.303 e. The molecule has 16 heavy (non-hydrogen) atoms. The number of nitrogens with one attached hydrogen (secondary N) is 1. The molecule has 2 heterocycles. The molecule has 0 aliphatic heterocycles. The van der Waals surface area contributed by atoms with Crippen molar-refractivity contribution in [1.82, 2.24) is 25.3 Å². The Labute approximate surface area is 94.5 Å². The van der Waals surface area contributed by atoms with Crippen LogP contribution in [0.5, 0.6) is 0 Å². The van der Waals surface area contributed by atoms with Crippen molar-refractivity contribution in [2.45, 2.75) is 19.5 Å². The van der Waals surface area contributed by atoms with Gasteiger partial charge in [0.05, 0.1) is 11.4 Å². The Bertz CT molecular complexity index is 437. The molecule has 84 valence electrons. The smallest absolute Gasteiger partial charge is 0.0964 e.